The molecule has 0 spiro atoms. The molecule has 4 nitrogen and oxygen atoms in total. The molecule has 0 aliphatic heterocycles. The van der Waals surface area contributed by atoms with Crippen molar-refractivity contribution in [2.45, 2.75) is 33.7 Å². The lowest BCUT2D eigenvalue weighted by Crippen LogP contribution is -2.32. The van der Waals surface area contributed by atoms with Crippen molar-refractivity contribution in [2.75, 3.05) is 7.11 Å². The summed E-state index contributed by atoms with van der Waals surface area (Å²) in [5, 5.41) is 0. The second-order valence-electron chi connectivity index (χ2n) is 5.13. The minimum Gasteiger partial charge on any atom is -0.469 e. The van der Waals surface area contributed by atoms with Crippen molar-refractivity contribution in [1.29, 1.82) is 0 Å². The van der Waals surface area contributed by atoms with Crippen molar-refractivity contribution in [3.63, 3.8) is 0 Å². The fraction of sp³-hybridized carbons (Fsp3) is 0.375. The van der Waals surface area contributed by atoms with Gasteiger partial charge in [-0.3, -0.25) is 4.79 Å². The molecule has 0 atom stereocenters. The van der Waals surface area contributed by atoms with Crippen molar-refractivity contribution in [1.82, 2.24) is 4.57 Å². The number of rotatable bonds is 4. The van der Waals surface area contributed by atoms with Crippen LogP contribution in [-0.4, -0.2) is 17.6 Å². The van der Waals surface area contributed by atoms with Crippen LogP contribution in [0, 0.1) is 20.8 Å². The number of esters is 1. The highest BCUT2D eigenvalue weighted by molar-refractivity contribution is 5.68. The van der Waals surface area contributed by atoms with Gasteiger partial charge in [0.15, 0.2) is 0 Å². The minimum atomic E-state index is -0.187. The summed E-state index contributed by atoms with van der Waals surface area (Å²) in [6.07, 6.45) is 6.38. The number of carbonyl (C=O) groups excluding carboxylic acids is 1. The number of imidazole rings is 1. The highest BCUT2D eigenvalue weighted by Gasteiger charge is 2.13. The van der Waals surface area contributed by atoms with Crippen LogP contribution in [0.4, 0.5) is 0 Å². The van der Waals surface area contributed by atoms with E-state index in [2.05, 4.69) is 42.2 Å². The number of methoxy groups -OCH3 is 1. The van der Waals surface area contributed by atoms with Crippen LogP contribution in [0.5, 0.6) is 0 Å². The predicted octanol–water partition coefficient (Wildman–Crippen LogP) is 2.25. The third-order valence-corrected chi connectivity index (χ3v) is 3.39. The molecule has 0 amide bonds. The number of ether oxygens (including phenoxy) is 1. The summed E-state index contributed by atoms with van der Waals surface area (Å²) in [6.45, 7) is 6.97. The molecular weight excluding hydrogens is 252 g/mol. The first-order valence-corrected chi connectivity index (χ1v) is 6.73. The van der Waals surface area contributed by atoms with E-state index in [0.717, 1.165) is 0 Å². The third kappa shape index (κ3) is 3.07. The van der Waals surface area contributed by atoms with Crippen LogP contribution in [0.25, 0.3) is 5.69 Å². The molecule has 20 heavy (non-hydrogen) atoms. The quantitative estimate of drug-likeness (QED) is 0.632. The molecule has 106 valence electrons. The lowest BCUT2D eigenvalue weighted by atomic mass is 10.1. The Kier molecular flexibility index (Phi) is 4.23. The first-order chi connectivity index (χ1) is 9.51. The number of nitrogens with zero attached hydrogens (tertiary/aromatic N) is 2. The highest BCUT2D eigenvalue weighted by atomic mass is 16.5. The van der Waals surface area contributed by atoms with Gasteiger partial charge in [0.25, 0.3) is 0 Å². The molecule has 0 radical (unpaired) electrons. The maximum atomic E-state index is 11.2. The van der Waals surface area contributed by atoms with E-state index in [1.807, 2.05) is 23.3 Å². The summed E-state index contributed by atoms with van der Waals surface area (Å²) in [7, 11) is 1.41. The summed E-state index contributed by atoms with van der Waals surface area (Å²) >= 11 is 0. The van der Waals surface area contributed by atoms with Gasteiger partial charge in [0, 0.05) is 0 Å². The average molecular weight is 273 g/mol. The van der Waals surface area contributed by atoms with Gasteiger partial charge in [-0.2, -0.15) is 0 Å². The van der Waals surface area contributed by atoms with Gasteiger partial charge < -0.3 is 4.74 Å². The van der Waals surface area contributed by atoms with Gasteiger partial charge in [0.1, 0.15) is 24.6 Å². The van der Waals surface area contributed by atoms with Crippen molar-refractivity contribution in [3.05, 3.63) is 47.5 Å². The Balaban J connectivity index is 2.23. The van der Waals surface area contributed by atoms with E-state index >= 15 is 0 Å². The number of hydrogen-bond donors (Lipinski definition) is 0. The lowest BCUT2D eigenvalue weighted by Gasteiger charge is -2.07. The summed E-state index contributed by atoms with van der Waals surface area (Å²) in [4.78, 5) is 11.2. The normalized spacial score (nSPS) is 10.6. The van der Waals surface area contributed by atoms with E-state index < -0.39 is 0 Å². The van der Waals surface area contributed by atoms with Crippen LogP contribution in [0.3, 0.4) is 0 Å². The summed E-state index contributed by atoms with van der Waals surface area (Å²) < 4.78 is 8.75. The van der Waals surface area contributed by atoms with Crippen LogP contribution in [0.15, 0.2) is 30.9 Å². The number of carbonyl (C=O) groups is 1. The first-order valence-electron chi connectivity index (χ1n) is 6.73. The van der Waals surface area contributed by atoms with Crippen LogP contribution >= 0.6 is 0 Å². The number of benzene rings is 1. The standard InChI is InChI=1S/C16H21N2O2/c1-12-9-13(2)16(14(3)10-12)18-8-7-17(11-18)6-5-15(19)20-4/h7-11H,5-6H2,1-4H3/q+1. The van der Waals surface area contributed by atoms with Gasteiger partial charge in [-0.25, -0.2) is 9.13 Å². The van der Waals surface area contributed by atoms with Gasteiger partial charge in [0.2, 0.25) is 6.33 Å². The summed E-state index contributed by atoms with van der Waals surface area (Å²) in [6, 6.07) is 4.36. The fourth-order valence-corrected chi connectivity index (χ4v) is 2.56. The minimum absolute atomic E-state index is 0.187. The Morgan fingerprint density at radius 2 is 1.90 bits per heavy atom. The zero-order chi connectivity index (χ0) is 14.7. The first kappa shape index (κ1) is 14.3. The molecule has 1 aromatic carbocycles. The molecule has 0 saturated carbocycles. The number of aromatic nitrogens is 2. The molecule has 0 bridgehead atoms. The van der Waals surface area contributed by atoms with Crippen LogP contribution in [-0.2, 0) is 16.1 Å². The maximum absolute atomic E-state index is 11.2. The number of hydrogen-bond acceptors (Lipinski definition) is 2. The second-order valence-corrected chi connectivity index (χ2v) is 5.13. The van der Waals surface area contributed by atoms with E-state index in [1.165, 1.54) is 29.5 Å². The highest BCUT2D eigenvalue weighted by Crippen LogP contribution is 2.20. The molecule has 0 aliphatic rings. The Labute approximate surface area is 119 Å². The molecule has 0 N–H and O–H groups in total. The van der Waals surface area contributed by atoms with E-state index in [4.69, 9.17) is 0 Å². The Morgan fingerprint density at radius 1 is 1.25 bits per heavy atom. The predicted molar refractivity (Wildman–Crippen MR) is 76.8 cm³/mol. The van der Waals surface area contributed by atoms with E-state index in [-0.39, 0.29) is 5.97 Å². The van der Waals surface area contributed by atoms with E-state index in [1.54, 1.807) is 0 Å². The van der Waals surface area contributed by atoms with Crippen molar-refractivity contribution in [3.8, 4) is 5.69 Å². The van der Waals surface area contributed by atoms with Crippen molar-refractivity contribution in [2.24, 2.45) is 0 Å². The Morgan fingerprint density at radius 3 is 2.50 bits per heavy atom. The monoisotopic (exact) mass is 273 g/mol. The van der Waals surface area contributed by atoms with Crippen LogP contribution < -0.4 is 4.57 Å². The molecule has 1 aromatic heterocycles. The average Bonchev–Trinajstić information content (AvgIpc) is 2.83. The van der Waals surface area contributed by atoms with Gasteiger partial charge in [0.05, 0.1) is 13.5 Å². The Hall–Kier alpha value is -2.10. The molecule has 2 rings (SSSR count). The zero-order valence-corrected chi connectivity index (χ0v) is 12.5. The molecular formula is C16H21N2O2+. The topological polar surface area (TPSA) is 35.1 Å². The Bertz CT molecular complexity index is 606. The molecule has 2 aromatic rings. The van der Waals surface area contributed by atoms with E-state index in [9.17, 15) is 4.79 Å². The molecule has 0 fully saturated rings. The molecule has 1 heterocycles. The molecule has 4 heteroatoms. The smallest absolute Gasteiger partial charge is 0.309 e. The SMILES string of the molecule is COC(=O)CC[n+]1ccn(-c2c(C)cc(C)cc2C)c1. The zero-order valence-electron chi connectivity index (χ0n) is 12.5. The fourth-order valence-electron chi connectivity index (χ4n) is 2.56. The number of aryl methyl sites for hydroxylation is 4. The molecule has 0 aliphatic carbocycles. The molecule has 0 unspecified atom stereocenters. The van der Waals surface area contributed by atoms with Crippen LogP contribution in [0.1, 0.15) is 23.1 Å². The van der Waals surface area contributed by atoms with Crippen molar-refractivity contribution >= 4 is 5.97 Å². The van der Waals surface area contributed by atoms with E-state index in [0.29, 0.717) is 13.0 Å². The van der Waals surface area contributed by atoms with Crippen molar-refractivity contribution < 1.29 is 14.1 Å². The summed E-state index contributed by atoms with van der Waals surface area (Å²) in [5.41, 5.74) is 4.97. The third-order valence-electron chi connectivity index (χ3n) is 3.39. The molecule has 0 saturated heterocycles. The van der Waals surface area contributed by atoms with Gasteiger partial charge >= 0.3 is 5.97 Å². The lowest BCUT2D eigenvalue weighted by molar-refractivity contribution is -0.695. The van der Waals surface area contributed by atoms with Crippen LogP contribution in [0.2, 0.25) is 0 Å². The van der Waals surface area contributed by atoms with Gasteiger partial charge in [-0.1, -0.05) is 17.7 Å². The van der Waals surface area contributed by atoms with Gasteiger partial charge in [-0.15, -0.1) is 0 Å². The van der Waals surface area contributed by atoms with Gasteiger partial charge in [-0.05, 0) is 31.9 Å². The summed E-state index contributed by atoms with van der Waals surface area (Å²) in [5.74, 6) is -0.187. The largest absolute Gasteiger partial charge is 0.469 e. The maximum Gasteiger partial charge on any atom is 0.309 e. The second kappa shape index (κ2) is 5.90.